The van der Waals surface area contributed by atoms with Gasteiger partial charge in [0, 0.05) is 20.7 Å². The van der Waals surface area contributed by atoms with Crippen molar-refractivity contribution >= 4 is 78.3 Å². The Morgan fingerprint density at radius 3 is 2.59 bits per heavy atom. The number of fused-ring (bicyclic) bond motifs is 1. The molecule has 0 bridgehead atoms. The monoisotopic (exact) mass is 537 g/mol. The third-order valence-corrected chi connectivity index (χ3v) is 4.95. The molecule has 0 atom stereocenters. The van der Waals surface area contributed by atoms with Gasteiger partial charge in [0.1, 0.15) is 5.75 Å². The highest BCUT2D eigenvalue weighted by Crippen LogP contribution is 2.30. The third-order valence-electron chi connectivity index (χ3n) is 3.63. The SMILES string of the molecule is Oc1c(Br)cc(Cl)cc1/C=N/Nc1nc2nonc2nc1Nc1cccc(Br)c1. The zero-order valence-corrected chi connectivity index (χ0v) is 18.2. The summed E-state index contributed by atoms with van der Waals surface area (Å²) in [5.74, 6) is 0.652. The smallest absolute Gasteiger partial charge is 0.245 e. The van der Waals surface area contributed by atoms with Crippen LogP contribution >= 0.6 is 43.5 Å². The van der Waals surface area contributed by atoms with Crippen LogP contribution in [0.2, 0.25) is 5.02 Å². The van der Waals surface area contributed by atoms with E-state index in [0.717, 1.165) is 10.2 Å². The van der Waals surface area contributed by atoms with E-state index in [1.54, 1.807) is 12.1 Å². The number of nitrogens with one attached hydrogen (secondary N) is 2. The predicted molar refractivity (Wildman–Crippen MR) is 117 cm³/mol. The van der Waals surface area contributed by atoms with Crippen molar-refractivity contribution in [2.45, 2.75) is 0 Å². The van der Waals surface area contributed by atoms with Crippen LogP contribution in [0, 0.1) is 0 Å². The average molecular weight is 540 g/mol. The number of phenols is 1. The van der Waals surface area contributed by atoms with Crippen LogP contribution < -0.4 is 10.7 Å². The van der Waals surface area contributed by atoms with Gasteiger partial charge < -0.3 is 10.4 Å². The van der Waals surface area contributed by atoms with Gasteiger partial charge in [-0.3, -0.25) is 5.43 Å². The van der Waals surface area contributed by atoms with Gasteiger partial charge in [-0.15, -0.1) is 0 Å². The molecule has 0 spiro atoms. The maximum Gasteiger partial charge on any atom is 0.245 e. The molecule has 0 unspecified atom stereocenters. The molecule has 146 valence electrons. The number of halogens is 3. The van der Waals surface area contributed by atoms with Gasteiger partial charge in [0.25, 0.3) is 0 Å². The second kappa shape index (κ2) is 8.31. The number of aromatic hydroxyl groups is 1. The van der Waals surface area contributed by atoms with E-state index in [0.29, 0.717) is 20.9 Å². The van der Waals surface area contributed by atoms with Crippen molar-refractivity contribution in [3.63, 3.8) is 0 Å². The predicted octanol–water partition coefficient (Wildman–Crippen LogP) is 5.09. The Kier molecular flexibility index (Phi) is 5.60. The van der Waals surface area contributed by atoms with E-state index in [9.17, 15) is 5.11 Å². The molecule has 2 aromatic heterocycles. The number of phenolic OH excluding ortho intramolecular Hbond substituents is 1. The first-order valence-electron chi connectivity index (χ1n) is 7.99. The largest absolute Gasteiger partial charge is 0.506 e. The number of anilines is 3. The molecule has 0 fully saturated rings. The molecule has 4 rings (SSSR count). The summed E-state index contributed by atoms with van der Waals surface area (Å²) in [5, 5.41) is 25.2. The van der Waals surface area contributed by atoms with Crippen molar-refractivity contribution in [1.29, 1.82) is 0 Å². The van der Waals surface area contributed by atoms with Crippen LogP contribution in [0.4, 0.5) is 17.3 Å². The lowest BCUT2D eigenvalue weighted by molar-refractivity contribution is 0.314. The standard InChI is InChI=1S/C17H10Br2ClN7O2/c18-9-2-1-3-11(5-9)22-14-15(24-17-16(23-14)26-29-27-17)25-21-7-8-4-10(20)6-12(19)13(8)28/h1-7,28H,(H,22,23,26)(H,24,25,27)/b21-7+. The number of nitrogens with zero attached hydrogens (tertiary/aromatic N) is 5. The number of aromatic nitrogens is 4. The Labute approximate surface area is 185 Å². The molecule has 0 aliphatic carbocycles. The average Bonchev–Trinajstić information content (AvgIpc) is 3.13. The molecule has 0 saturated heterocycles. The quantitative estimate of drug-likeness (QED) is 0.237. The fourth-order valence-corrected chi connectivity index (χ4v) is 3.59. The first-order valence-corrected chi connectivity index (χ1v) is 9.96. The molecule has 2 heterocycles. The van der Waals surface area contributed by atoms with E-state index >= 15 is 0 Å². The number of hydrogen-bond donors (Lipinski definition) is 3. The zero-order valence-electron chi connectivity index (χ0n) is 14.3. The lowest BCUT2D eigenvalue weighted by Crippen LogP contribution is -2.03. The van der Waals surface area contributed by atoms with Crippen LogP contribution in [0.15, 0.2) is 55.1 Å². The highest BCUT2D eigenvalue weighted by atomic mass is 79.9. The normalized spacial score (nSPS) is 11.3. The minimum absolute atomic E-state index is 0.00896. The molecule has 4 aromatic rings. The van der Waals surface area contributed by atoms with Crippen molar-refractivity contribution in [2.75, 3.05) is 10.7 Å². The first kappa shape index (κ1) is 19.6. The topological polar surface area (TPSA) is 121 Å². The second-order valence-corrected chi connectivity index (χ2v) is 7.87. The molecular weight excluding hydrogens is 529 g/mol. The Morgan fingerprint density at radius 1 is 1.07 bits per heavy atom. The summed E-state index contributed by atoms with van der Waals surface area (Å²) in [6.07, 6.45) is 1.40. The summed E-state index contributed by atoms with van der Waals surface area (Å²) in [6, 6.07) is 10.7. The van der Waals surface area contributed by atoms with E-state index in [2.05, 4.69) is 72.6 Å². The molecule has 0 radical (unpaired) electrons. The Morgan fingerprint density at radius 2 is 1.83 bits per heavy atom. The molecule has 0 aliphatic heterocycles. The van der Waals surface area contributed by atoms with Crippen molar-refractivity contribution in [2.24, 2.45) is 5.10 Å². The number of benzene rings is 2. The van der Waals surface area contributed by atoms with Crippen LogP contribution in [0.1, 0.15) is 5.56 Å². The summed E-state index contributed by atoms with van der Waals surface area (Å²) < 4.78 is 6.03. The number of rotatable bonds is 5. The van der Waals surface area contributed by atoms with E-state index in [1.165, 1.54) is 6.21 Å². The Balaban J connectivity index is 1.65. The highest BCUT2D eigenvalue weighted by Gasteiger charge is 2.13. The second-order valence-electron chi connectivity index (χ2n) is 5.66. The highest BCUT2D eigenvalue weighted by molar-refractivity contribution is 9.10. The first-order chi connectivity index (χ1) is 14.0. The summed E-state index contributed by atoms with van der Waals surface area (Å²) >= 11 is 12.7. The summed E-state index contributed by atoms with van der Waals surface area (Å²) in [6.45, 7) is 0. The number of hydrazone groups is 1. The van der Waals surface area contributed by atoms with Crippen LogP contribution in [0.5, 0.6) is 5.75 Å². The van der Waals surface area contributed by atoms with Crippen LogP contribution in [-0.4, -0.2) is 31.6 Å². The van der Waals surface area contributed by atoms with Gasteiger partial charge in [0.05, 0.1) is 10.7 Å². The summed E-state index contributed by atoms with van der Waals surface area (Å²) in [7, 11) is 0. The summed E-state index contributed by atoms with van der Waals surface area (Å²) in [4.78, 5) is 8.68. The van der Waals surface area contributed by atoms with E-state index in [-0.39, 0.29) is 22.9 Å². The van der Waals surface area contributed by atoms with E-state index in [4.69, 9.17) is 11.6 Å². The maximum absolute atomic E-state index is 10.1. The Hall–Kier alpha value is -2.76. The molecule has 12 heteroatoms. The minimum Gasteiger partial charge on any atom is -0.506 e. The minimum atomic E-state index is 0.00896. The van der Waals surface area contributed by atoms with Gasteiger partial charge in [-0.2, -0.15) is 10.1 Å². The molecule has 0 saturated carbocycles. The molecular formula is C17H10Br2ClN7O2. The molecule has 9 nitrogen and oxygen atoms in total. The van der Waals surface area contributed by atoms with Crippen LogP contribution in [0.3, 0.4) is 0 Å². The number of hydrogen-bond acceptors (Lipinski definition) is 9. The van der Waals surface area contributed by atoms with Crippen molar-refractivity contribution in [3.05, 3.63) is 55.9 Å². The fraction of sp³-hybridized carbons (Fsp3) is 0. The third kappa shape index (κ3) is 4.47. The van der Waals surface area contributed by atoms with E-state index < -0.39 is 0 Å². The van der Waals surface area contributed by atoms with Crippen LogP contribution in [0.25, 0.3) is 11.3 Å². The van der Waals surface area contributed by atoms with Crippen molar-refractivity contribution in [1.82, 2.24) is 20.3 Å². The molecule has 2 aromatic carbocycles. The summed E-state index contributed by atoms with van der Waals surface area (Å²) in [5.41, 5.74) is 4.43. The van der Waals surface area contributed by atoms with Gasteiger partial charge in [0.15, 0.2) is 11.6 Å². The van der Waals surface area contributed by atoms with Crippen molar-refractivity contribution < 1.29 is 9.74 Å². The van der Waals surface area contributed by atoms with Crippen LogP contribution in [-0.2, 0) is 0 Å². The Bertz CT molecular complexity index is 1230. The van der Waals surface area contributed by atoms with Gasteiger partial charge in [0.2, 0.25) is 11.3 Å². The molecule has 3 N–H and O–H groups in total. The van der Waals surface area contributed by atoms with Crippen molar-refractivity contribution in [3.8, 4) is 5.75 Å². The molecule has 29 heavy (non-hydrogen) atoms. The lowest BCUT2D eigenvalue weighted by Gasteiger charge is -2.09. The molecule has 0 amide bonds. The van der Waals surface area contributed by atoms with Gasteiger partial charge >= 0.3 is 0 Å². The van der Waals surface area contributed by atoms with E-state index in [1.807, 2.05) is 24.3 Å². The maximum atomic E-state index is 10.1. The van der Waals surface area contributed by atoms with Gasteiger partial charge in [-0.05, 0) is 56.6 Å². The zero-order chi connectivity index (χ0) is 20.4. The van der Waals surface area contributed by atoms with Gasteiger partial charge in [-0.25, -0.2) is 9.61 Å². The molecule has 0 aliphatic rings. The lowest BCUT2D eigenvalue weighted by atomic mass is 10.2. The fourth-order valence-electron chi connectivity index (χ4n) is 2.35. The van der Waals surface area contributed by atoms with Gasteiger partial charge in [-0.1, -0.05) is 33.6 Å².